The van der Waals surface area contributed by atoms with Crippen LogP contribution in [0.1, 0.15) is 45.4 Å². The van der Waals surface area contributed by atoms with Gasteiger partial charge in [-0.05, 0) is 39.0 Å². The number of hydrogen-bond acceptors (Lipinski definition) is 5. The van der Waals surface area contributed by atoms with Crippen molar-refractivity contribution in [2.24, 2.45) is 0 Å². The first-order chi connectivity index (χ1) is 12.3. The molecule has 0 aromatic carbocycles. The summed E-state index contributed by atoms with van der Waals surface area (Å²) in [4.78, 5) is 27.6. The molecule has 9 heteroatoms. The molecule has 0 aromatic rings. The van der Waals surface area contributed by atoms with Gasteiger partial charge in [0.1, 0.15) is 0 Å². The van der Waals surface area contributed by atoms with E-state index in [0.29, 0.717) is 32.5 Å². The normalized spacial score (nSPS) is 19.7. The SMILES string of the molecule is CCOC(=O)N1CCC(N(CCC(=O)N2CCCCC2)S(C)(=O)=O)CC1. The Bertz CT molecular complexity index is 581. The van der Waals surface area contributed by atoms with Gasteiger partial charge < -0.3 is 14.5 Å². The van der Waals surface area contributed by atoms with Crippen molar-refractivity contribution in [1.82, 2.24) is 14.1 Å². The van der Waals surface area contributed by atoms with Gasteiger partial charge in [0.2, 0.25) is 15.9 Å². The number of carbonyl (C=O) groups excluding carboxylic acids is 2. The van der Waals surface area contributed by atoms with Gasteiger partial charge in [0.05, 0.1) is 12.9 Å². The van der Waals surface area contributed by atoms with Gasteiger partial charge in [-0.25, -0.2) is 13.2 Å². The Morgan fingerprint density at radius 2 is 1.65 bits per heavy atom. The molecule has 2 saturated heterocycles. The third-order valence-corrected chi connectivity index (χ3v) is 6.41. The average Bonchev–Trinajstić information content (AvgIpc) is 2.62. The summed E-state index contributed by atoms with van der Waals surface area (Å²) < 4.78 is 30.9. The minimum absolute atomic E-state index is 0.0299. The molecule has 0 bridgehead atoms. The van der Waals surface area contributed by atoms with Crippen molar-refractivity contribution >= 4 is 22.0 Å². The lowest BCUT2D eigenvalue weighted by Gasteiger charge is -2.37. The zero-order chi connectivity index (χ0) is 19.2. The van der Waals surface area contributed by atoms with Crippen molar-refractivity contribution in [1.29, 1.82) is 0 Å². The van der Waals surface area contributed by atoms with Crippen LogP contribution in [0, 0.1) is 0 Å². The largest absolute Gasteiger partial charge is 0.450 e. The zero-order valence-electron chi connectivity index (χ0n) is 15.9. The van der Waals surface area contributed by atoms with E-state index in [4.69, 9.17) is 4.74 Å². The lowest BCUT2D eigenvalue weighted by molar-refractivity contribution is -0.132. The predicted molar refractivity (Wildman–Crippen MR) is 98.2 cm³/mol. The number of carbonyl (C=O) groups is 2. The van der Waals surface area contributed by atoms with E-state index in [9.17, 15) is 18.0 Å². The minimum atomic E-state index is -3.41. The van der Waals surface area contributed by atoms with Crippen molar-refractivity contribution in [2.75, 3.05) is 45.6 Å². The zero-order valence-corrected chi connectivity index (χ0v) is 16.7. The first-order valence-corrected chi connectivity index (χ1v) is 11.3. The molecule has 0 N–H and O–H groups in total. The van der Waals surface area contributed by atoms with Crippen LogP contribution < -0.4 is 0 Å². The Kier molecular flexibility index (Phi) is 7.69. The van der Waals surface area contributed by atoms with Crippen molar-refractivity contribution in [3.05, 3.63) is 0 Å². The summed E-state index contributed by atoms with van der Waals surface area (Å²) in [5.41, 5.74) is 0. The van der Waals surface area contributed by atoms with E-state index >= 15 is 0 Å². The van der Waals surface area contributed by atoms with Gasteiger partial charge >= 0.3 is 6.09 Å². The smallest absolute Gasteiger partial charge is 0.409 e. The van der Waals surface area contributed by atoms with Gasteiger partial charge in [-0.1, -0.05) is 0 Å². The minimum Gasteiger partial charge on any atom is -0.450 e. The fourth-order valence-electron chi connectivity index (χ4n) is 3.68. The number of nitrogens with zero attached hydrogens (tertiary/aromatic N) is 3. The van der Waals surface area contributed by atoms with Gasteiger partial charge in [0.25, 0.3) is 0 Å². The molecule has 2 heterocycles. The van der Waals surface area contributed by atoms with E-state index < -0.39 is 10.0 Å². The maximum Gasteiger partial charge on any atom is 0.409 e. The number of sulfonamides is 1. The monoisotopic (exact) mass is 389 g/mol. The van der Waals surface area contributed by atoms with Crippen LogP contribution in [-0.2, 0) is 19.6 Å². The molecule has 8 nitrogen and oxygen atoms in total. The Hall–Kier alpha value is -1.35. The average molecular weight is 390 g/mol. The molecule has 26 heavy (non-hydrogen) atoms. The fourth-order valence-corrected chi connectivity index (χ4v) is 4.85. The molecular weight excluding hydrogens is 358 g/mol. The van der Waals surface area contributed by atoms with Crippen LogP contribution in [0.5, 0.6) is 0 Å². The van der Waals surface area contributed by atoms with E-state index in [1.54, 1.807) is 11.8 Å². The van der Waals surface area contributed by atoms with E-state index in [1.807, 2.05) is 4.90 Å². The Morgan fingerprint density at radius 1 is 1.04 bits per heavy atom. The Balaban J connectivity index is 1.90. The van der Waals surface area contributed by atoms with Crippen LogP contribution in [0.2, 0.25) is 0 Å². The lowest BCUT2D eigenvalue weighted by Crippen LogP contribution is -2.49. The van der Waals surface area contributed by atoms with Crippen molar-refractivity contribution in [3.8, 4) is 0 Å². The maximum atomic E-state index is 12.4. The highest BCUT2D eigenvalue weighted by atomic mass is 32.2. The van der Waals surface area contributed by atoms with E-state index in [2.05, 4.69) is 0 Å². The summed E-state index contributed by atoms with van der Waals surface area (Å²) in [6, 6.07) is -0.176. The second-order valence-corrected chi connectivity index (χ2v) is 8.92. The molecule has 0 atom stereocenters. The molecule has 0 spiro atoms. The number of piperidine rings is 2. The van der Waals surface area contributed by atoms with Crippen LogP contribution >= 0.6 is 0 Å². The first-order valence-electron chi connectivity index (χ1n) is 9.49. The predicted octanol–water partition coefficient (Wildman–Crippen LogP) is 1.27. The van der Waals surface area contributed by atoms with Gasteiger partial charge in [0, 0.05) is 45.2 Å². The van der Waals surface area contributed by atoms with Crippen LogP contribution in [0.15, 0.2) is 0 Å². The molecule has 2 rings (SSSR count). The van der Waals surface area contributed by atoms with Gasteiger partial charge in [0.15, 0.2) is 0 Å². The molecule has 2 aliphatic rings. The molecule has 150 valence electrons. The third kappa shape index (κ3) is 5.84. The van der Waals surface area contributed by atoms with Crippen molar-refractivity contribution in [2.45, 2.75) is 51.5 Å². The molecule has 0 saturated carbocycles. The number of likely N-dealkylation sites (tertiary alicyclic amines) is 2. The van der Waals surface area contributed by atoms with E-state index in [-0.39, 0.29) is 31.0 Å². The second kappa shape index (κ2) is 9.55. The molecule has 2 aliphatic heterocycles. The Labute approximate surface area is 156 Å². The number of amides is 2. The van der Waals surface area contributed by atoms with Gasteiger partial charge in [-0.3, -0.25) is 4.79 Å². The maximum absolute atomic E-state index is 12.4. The van der Waals surface area contributed by atoms with Gasteiger partial charge in [-0.2, -0.15) is 4.31 Å². The molecule has 0 aromatic heterocycles. The highest BCUT2D eigenvalue weighted by Crippen LogP contribution is 2.21. The van der Waals surface area contributed by atoms with Crippen molar-refractivity contribution < 1.29 is 22.7 Å². The topological polar surface area (TPSA) is 87.2 Å². The summed E-state index contributed by atoms with van der Waals surface area (Å²) in [5.74, 6) is 0.0299. The summed E-state index contributed by atoms with van der Waals surface area (Å²) in [7, 11) is -3.41. The summed E-state index contributed by atoms with van der Waals surface area (Å²) >= 11 is 0. The molecule has 2 fully saturated rings. The molecular formula is C17H31N3O5S. The summed E-state index contributed by atoms with van der Waals surface area (Å²) in [6.45, 7) is 4.77. The Morgan fingerprint density at radius 3 is 2.19 bits per heavy atom. The van der Waals surface area contributed by atoms with Crippen LogP contribution in [0.3, 0.4) is 0 Å². The van der Waals surface area contributed by atoms with Gasteiger partial charge in [-0.15, -0.1) is 0 Å². The molecule has 0 aliphatic carbocycles. The van der Waals surface area contributed by atoms with Crippen LogP contribution in [0.25, 0.3) is 0 Å². The summed E-state index contributed by atoms with van der Waals surface area (Å²) in [6.07, 6.45) is 5.37. The van der Waals surface area contributed by atoms with Crippen LogP contribution in [-0.4, -0.2) is 86.2 Å². The van der Waals surface area contributed by atoms with E-state index in [1.165, 1.54) is 10.6 Å². The highest BCUT2D eigenvalue weighted by molar-refractivity contribution is 7.88. The molecule has 2 amide bonds. The van der Waals surface area contributed by atoms with E-state index in [0.717, 1.165) is 32.4 Å². The fraction of sp³-hybridized carbons (Fsp3) is 0.882. The third-order valence-electron chi connectivity index (χ3n) is 5.08. The summed E-state index contributed by atoms with van der Waals surface area (Å²) in [5, 5.41) is 0. The molecule has 0 unspecified atom stereocenters. The van der Waals surface area contributed by atoms with Crippen molar-refractivity contribution in [3.63, 3.8) is 0 Å². The molecule has 0 radical (unpaired) electrons. The quantitative estimate of drug-likeness (QED) is 0.683. The first kappa shape index (κ1) is 21.0. The second-order valence-electron chi connectivity index (χ2n) is 6.98. The lowest BCUT2D eigenvalue weighted by atomic mass is 10.1. The number of rotatable bonds is 6. The van der Waals surface area contributed by atoms with Crippen LogP contribution in [0.4, 0.5) is 4.79 Å². The number of hydrogen-bond donors (Lipinski definition) is 0. The standard InChI is InChI=1S/C17H31N3O5S/c1-3-25-17(22)19-12-7-15(8-13-19)20(26(2,23)24)14-9-16(21)18-10-5-4-6-11-18/h15H,3-14H2,1-2H3. The highest BCUT2D eigenvalue weighted by Gasteiger charge is 2.32. The number of ether oxygens (including phenoxy) is 1.